The molecule has 0 heterocycles. The zero-order chi connectivity index (χ0) is 18.8. The number of azide groups is 1. The maximum atomic E-state index is 13.8. The summed E-state index contributed by atoms with van der Waals surface area (Å²) in [7, 11) is 0. The molecule has 6 nitrogen and oxygen atoms in total. The first-order chi connectivity index (χ1) is 12.0. The van der Waals surface area contributed by atoms with Gasteiger partial charge in [0.05, 0.1) is 0 Å². The standard InChI is InChI=1S/C15H18F4N4O2/c16-10-9(11(17)13(19)14(12(10)18)22-23-20)15(25)21-7-5-3-1-2-4-6-8-24/h24H,1-8H2,(H,21,25). The van der Waals surface area contributed by atoms with E-state index in [0.717, 1.165) is 32.1 Å². The van der Waals surface area contributed by atoms with Crippen molar-refractivity contribution >= 4 is 11.6 Å². The molecule has 0 radical (unpaired) electrons. The minimum Gasteiger partial charge on any atom is -0.396 e. The van der Waals surface area contributed by atoms with Crippen LogP contribution in [-0.4, -0.2) is 24.2 Å². The minimum absolute atomic E-state index is 0.0824. The third-order valence-electron chi connectivity index (χ3n) is 3.48. The molecule has 0 aromatic heterocycles. The van der Waals surface area contributed by atoms with Crippen LogP contribution in [0.25, 0.3) is 10.4 Å². The Morgan fingerprint density at radius 3 is 2.00 bits per heavy atom. The molecule has 0 unspecified atom stereocenters. The van der Waals surface area contributed by atoms with Gasteiger partial charge in [-0.05, 0) is 18.4 Å². The van der Waals surface area contributed by atoms with Crippen LogP contribution >= 0.6 is 0 Å². The second-order valence-corrected chi connectivity index (χ2v) is 5.27. The van der Waals surface area contributed by atoms with Crippen LogP contribution in [0.2, 0.25) is 0 Å². The van der Waals surface area contributed by atoms with Crippen LogP contribution in [0.15, 0.2) is 5.11 Å². The van der Waals surface area contributed by atoms with Gasteiger partial charge in [-0.25, -0.2) is 17.6 Å². The van der Waals surface area contributed by atoms with E-state index in [1.807, 2.05) is 0 Å². The van der Waals surface area contributed by atoms with Crippen molar-refractivity contribution in [3.05, 3.63) is 39.3 Å². The van der Waals surface area contributed by atoms with Gasteiger partial charge in [0.25, 0.3) is 5.91 Å². The first kappa shape index (κ1) is 20.7. The lowest BCUT2D eigenvalue weighted by Crippen LogP contribution is -2.27. The Bertz CT molecular complexity index is 634. The van der Waals surface area contributed by atoms with Crippen LogP contribution in [-0.2, 0) is 0 Å². The molecule has 0 aliphatic rings. The zero-order valence-corrected chi connectivity index (χ0v) is 13.4. The summed E-state index contributed by atoms with van der Waals surface area (Å²) in [6.45, 7) is 0.220. The molecule has 0 aliphatic carbocycles. The molecule has 138 valence electrons. The van der Waals surface area contributed by atoms with Gasteiger partial charge in [0.15, 0.2) is 23.3 Å². The average Bonchev–Trinajstić information content (AvgIpc) is 2.59. The Kier molecular flexibility index (Phi) is 8.73. The number of unbranched alkanes of at least 4 members (excludes halogenated alkanes) is 5. The number of hydrogen-bond donors (Lipinski definition) is 2. The summed E-state index contributed by atoms with van der Waals surface area (Å²) in [5.41, 5.74) is 5.30. The Hall–Kier alpha value is -2.32. The van der Waals surface area contributed by atoms with Gasteiger partial charge in [-0.2, -0.15) is 0 Å². The van der Waals surface area contributed by atoms with E-state index in [1.165, 1.54) is 0 Å². The molecule has 1 aromatic carbocycles. The van der Waals surface area contributed by atoms with Gasteiger partial charge in [0.2, 0.25) is 0 Å². The van der Waals surface area contributed by atoms with Gasteiger partial charge in [0, 0.05) is 18.1 Å². The Morgan fingerprint density at radius 2 is 1.48 bits per heavy atom. The summed E-state index contributed by atoms with van der Waals surface area (Å²) in [6.07, 6.45) is 4.65. The molecule has 0 saturated carbocycles. The highest BCUT2D eigenvalue weighted by atomic mass is 19.2. The molecule has 0 spiro atoms. The number of amides is 1. The molecule has 2 N–H and O–H groups in total. The molecule has 0 atom stereocenters. The molecule has 25 heavy (non-hydrogen) atoms. The Balaban J connectivity index is 2.66. The highest BCUT2D eigenvalue weighted by Crippen LogP contribution is 2.30. The van der Waals surface area contributed by atoms with Crippen molar-refractivity contribution in [2.45, 2.75) is 38.5 Å². The van der Waals surface area contributed by atoms with Gasteiger partial charge in [-0.1, -0.05) is 30.8 Å². The van der Waals surface area contributed by atoms with Crippen molar-refractivity contribution in [2.75, 3.05) is 13.2 Å². The van der Waals surface area contributed by atoms with Crippen LogP contribution < -0.4 is 5.32 Å². The molecule has 10 heteroatoms. The maximum absolute atomic E-state index is 13.8. The van der Waals surface area contributed by atoms with Gasteiger partial charge >= 0.3 is 0 Å². The summed E-state index contributed by atoms with van der Waals surface area (Å²) in [5.74, 6) is -8.97. The summed E-state index contributed by atoms with van der Waals surface area (Å²) < 4.78 is 54.8. The smallest absolute Gasteiger partial charge is 0.257 e. The normalized spacial score (nSPS) is 10.4. The van der Waals surface area contributed by atoms with Crippen molar-refractivity contribution in [1.82, 2.24) is 5.32 Å². The lowest BCUT2D eigenvalue weighted by molar-refractivity contribution is 0.0942. The summed E-state index contributed by atoms with van der Waals surface area (Å²) in [5, 5.41) is 13.4. The largest absolute Gasteiger partial charge is 0.396 e. The second kappa shape index (κ2) is 10.5. The average molecular weight is 362 g/mol. The van der Waals surface area contributed by atoms with Gasteiger partial charge in [0.1, 0.15) is 11.3 Å². The number of carbonyl (C=O) groups excluding carboxylic acids is 1. The van der Waals surface area contributed by atoms with Crippen molar-refractivity contribution in [2.24, 2.45) is 5.11 Å². The van der Waals surface area contributed by atoms with E-state index in [0.29, 0.717) is 6.42 Å². The summed E-state index contributed by atoms with van der Waals surface area (Å²) >= 11 is 0. The fraction of sp³-hybridized carbons (Fsp3) is 0.533. The van der Waals surface area contributed by atoms with E-state index < -0.39 is 40.4 Å². The summed E-state index contributed by atoms with van der Waals surface area (Å²) in [4.78, 5) is 13.9. The fourth-order valence-electron chi connectivity index (χ4n) is 2.19. The quantitative estimate of drug-likeness (QED) is 0.162. The number of rotatable bonds is 10. The van der Waals surface area contributed by atoms with Crippen LogP contribution in [0.3, 0.4) is 0 Å². The van der Waals surface area contributed by atoms with Gasteiger partial charge in [-0.3, -0.25) is 4.79 Å². The monoisotopic (exact) mass is 362 g/mol. The molecule has 1 rings (SSSR count). The molecular weight excluding hydrogens is 344 g/mol. The number of carbonyl (C=O) groups is 1. The zero-order valence-electron chi connectivity index (χ0n) is 13.4. The highest BCUT2D eigenvalue weighted by molar-refractivity contribution is 5.95. The fourth-order valence-corrected chi connectivity index (χ4v) is 2.19. The van der Waals surface area contributed by atoms with Gasteiger partial charge in [-0.15, -0.1) is 0 Å². The Morgan fingerprint density at radius 1 is 0.960 bits per heavy atom. The van der Waals surface area contributed by atoms with Crippen LogP contribution in [0.5, 0.6) is 0 Å². The van der Waals surface area contributed by atoms with Crippen LogP contribution in [0, 0.1) is 23.3 Å². The predicted octanol–water partition coefficient (Wildman–Crippen LogP) is 4.25. The van der Waals surface area contributed by atoms with Crippen molar-refractivity contribution in [3.8, 4) is 0 Å². The first-order valence-corrected chi connectivity index (χ1v) is 7.75. The SMILES string of the molecule is [N-]=[N+]=Nc1c(F)c(F)c(C(=O)NCCCCCCCCO)c(F)c1F. The minimum atomic E-state index is -1.93. The van der Waals surface area contributed by atoms with Crippen LogP contribution in [0.4, 0.5) is 23.2 Å². The number of benzene rings is 1. The summed E-state index contributed by atoms with van der Waals surface area (Å²) in [6, 6.07) is 0. The Labute approximate surface area is 141 Å². The molecule has 0 aliphatic heterocycles. The van der Waals surface area contributed by atoms with E-state index >= 15 is 0 Å². The number of hydrogen-bond acceptors (Lipinski definition) is 3. The lowest BCUT2D eigenvalue weighted by Gasteiger charge is -2.10. The van der Waals surface area contributed by atoms with E-state index in [1.54, 1.807) is 0 Å². The van der Waals surface area contributed by atoms with E-state index in [4.69, 9.17) is 10.6 Å². The molecular formula is C15H18F4N4O2. The van der Waals surface area contributed by atoms with E-state index in [9.17, 15) is 22.4 Å². The lowest BCUT2D eigenvalue weighted by atomic mass is 10.1. The maximum Gasteiger partial charge on any atom is 0.257 e. The van der Waals surface area contributed by atoms with Crippen LogP contribution in [0.1, 0.15) is 48.9 Å². The molecule has 1 aromatic rings. The second-order valence-electron chi connectivity index (χ2n) is 5.27. The highest BCUT2D eigenvalue weighted by Gasteiger charge is 2.28. The topological polar surface area (TPSA) is 98.1 Å². The first-order valence-electron chi connectivity index (χ1n) is 7.75. The number of aliphatic hydroxyl groups is 1. The predicted molar refractivity (Wildman–Crippen MR) is 82.2 cm³/mol. The number of nitrogens with one attached hydrogen (secondary N) is 1. The third-order valence-corrected chi connectivity index (χ3v) is 3.48. The van der Waals surface area contributed by atoms with Crippen molar-refractivity contribution in [1.29, 1.82) is 0 Å². The molecule has 1 amide bonds. The van der Waals surface area contributed by atoms with Gasteiger partial charge < -0.3 is 10.4 Å². The van der Waals surface area contributed by atoms with E-state index in [-0.39, 0.29) is 13.2 Å². The molecule has 0 fully saturated rings. The van der Waals surface area contributed by atoms with Crippen molar-refractivity contribution < 1.29 is 27.5 Å². The molecule has 0 saturated heterocycles. The number of halogens is 4. The molecule has 0 bridgehead atoms. The number of nitrogens with zero attached hydrogens (tertiary/aromatic N) is 3. The number of aliphatic hydroxyl groups excluding tert-OH is 1. The van der Waals surface area contributed by atoms with Crippen molar-refractivity contribution in [3.63, 3.8) is 0 Å². The third kappa shape index (κ3) is 5.61. The van der Waals surface area contributed by atoms with E-state index in [2.05, 4.69) is 15.3 Å².